The highest BCUT2D eigenvalue weighted by Crippen LogP contribution is 2.32. The van der Waals surface area contributed by atoms with Gasteiger partial charge in [0.1, 0.15) is 5.56 Å². The minimum atomic E-state index is -0.568. The Hall–Kier alpha value is -4.13. The standard InChI is InChI=1S/C25H22N4O3/c30-22(16-27-25(32)19-15-26-20-10-5-4-9-18(20)24(19)31)29-14-13-28-12-6-11-21(28)23(29)17-7-2-1-3-8-17/h1-12,15,23H,13-14,16H2,(H,26,31)(H,27,32). The van der Waals surface area contributed by atoms with E-state index in [4.69, 9.17) is 0 Å². The fourth-order valence-electron chi connectivity index (χ4n) is 4.33. The van der Waals surface area contributed by atoms with Crippen LogP contribution < -0.4 is 10.7 Å². The van der Waals surface area contributed by atoms with Crippen molar-refractivity contribution in [3.05, 3.63) is 106 Å². The van der Waals surface area contributed by atoms with Crippen molar-refractivity contribution in [1.29, 1.82) is 0 Å². The van der Waals surface area contributed by atoms with Gasteiger partial charge in [-0.3, -0.25) is 14.4 Å². The number of hydrogen-bond donors (Lipinski definition) is 2. The number of aromatic nitrogens is 2. The molecule has 1 unspecified atom stereocenters. The third-order valence-electron chi connectivity index (χ3n) is 5.91. The quantitative estimate of drug-likeness (QED) is 0.526. The molecule has 32 heavy (non-hydrogen) atoms. The number of fused-ring (bicyclic) bond motifs is 2. The van der Waals surface area contributed by atoms with Gasteiger partial charge in [-0.05, 0) is 29.8 Å². The van der Waals surface area contributed by atoms with E-state index in [-0.39, 0.29) is 29.5 Å². The van der Waals surface area contributed by atoms with Gasteiger partial charge in [0.2, 0.25) is 11.3 Å². The first-order chi connectivity index (χ1) is 15.6. The number of pyridine rings is 1. The van der Waals surface area contributed by atoms with Crippen molar-refractivity contribution < 1.29 is 9.59 Å². The van der Waals surface area contributed by atoms with Gasteiger partial charge < -0.3 is 19.8 Å². The molecule has 3 heterocycles. The van der Waals surface area contributed by atoms with E-state index < -0.39 is 5.91 Å². The van der Waals surface area contributed by atoms with Gasteiger partial charge in [-0.1, -0.05) is 42.5 Å². The first kappa shape index (κ1) is 19.8. The molecule has 4 aromatic rings. The van der Waals surface area contributed by atoms with Gasteiger partial charge in [0.05, 0.1) is 12.6 Å². The van der Waals surface area contributed by atoms with E-state index in [9.17, 15) is 14.4 Å². The van der Waals surface area contributed by atoms with E-state index in [1.165, 1.54) is 6.20 Å². The number of aromatic amines is 1. The zero-order valence-electron chi connectivity index (χ0n) is 17.3. The number of H-pyrrole nitrogens is 1. The van der Waals surface area contributed by atoms with Gasteiger partial charge in [0.15, 0.2) is 0 Å². The number of hydrogen-bond acceptors (Lipinski definition) is 3. The molecule has 1 aliphatic rings. The lowest BCUT2D eigenvalue weighted by molar-refractivity contribution is -0.132. The van der Waals surface area contributed by atoms with Crippen molar-refractivity contribution in [2.75, 3.05) is 13.1 Å². The molecule has 1 atom stereocenters. The molecule has 0 saturated carbocycles. The first-order valence-electron chi connectivity index (χ1n) is 10.5. The molecule has 0 saturated heterocycles. The van der Waals surface area contributed by atoms with Gasteiger partial charge in [-0.25, -0.2) is 0 Å². The van der Waals surface area contributed by atoms with Crippen molar-refractivity contribution in [2.45, 2.75) is 12.6 Å². The van der Waals surface area contributed by atoms with E-state index in [0.717, 1.165) is 11.3 Å². The maximum atomic E-state index is 13.2. The van der Waals surface area contributed by atoms with E-state index in [1.807, 2.05) is 54.7 Å². The summed E-state index contributed by atoms with van der Waals surface area (Å²) in [6.07, 6.45) is 3.41. The van der Waals surface area contributed by atoms with E-state index in [2.05, 4.69) is 14.9 Å². The number of rotatable bonds is 4. The Balaban J connectivity index is 1.36. The van der Waals surface area contributed by atoms with Crippen LogP contribution in [0.3, 0.4) is 0 Å². The lowest BCUT2D eigenvalue weighted by Crippen LogP contribution is -2.47. The number of nitrogens with zero attached hydrogens (tertiary/aromatic N) is 2. The summed E-state index contributed by atoms with van der Waals surface area (Å²) in [5, 5.41) is 3.07. The lowest BCUT2D eigenvalue weighted by Gasteiger charge is -2.37. The number of carbonyl (C=O) groups is 2. The summed E-state index contributed by atoms with van der Waals surface area (Å²) in [7, 11) is 0. The summed E-state index contributed by atoms with van der Waals surface area (Å²) in [6.45, 7) is 1.04. The molecule has 2 amide bonds. The summed E-state index contributed by atoms with van der Waals surface area (Å²) >= 11 is 0. The van der Waals surface area contributed by atoms with Crippen molar-refractivity contribution in [1.82, 2.24) is 19.8 Å². The van der Waals surface area contributed by atoms with E-state index in [0.29, 0.717) is 24.0 Å². The summed E-state index contributed by atoms with van der Waals surface area (Å²) in [4.78, 5) is 43.3. The summed E-state index contributed by atoms with van der Waals surface area (Å²) in [5.74, 6) is -0.765. The van der Waals surface area contributed by atoms with Crippen molar-refractivity contribution in [3.8, 4) is 0 Å². The molecule has 0 aliphatic carbocycles. The summed E-state index contributed by atoms with van der Waals surface area (Å²) in [6, 6.07) is 20.6. The highest BCUT2D eigenvalue weighted by molar-refractivity contribution is 5.98. The maximum absolute atomic E-state index is 13.2. The first-order valence-corrected chi connectivity index (χ1v) is 10.5. The third kappa shape index (κ3) is 3.47. The smallest absolute Gasteiger partial charge is 0.257 e. The molecule has 7 nitrogen and oxygen atoms in total. The molecule has 0 radical (unpaired) electrons. The predicted octanol–water partition coefficient (Wildman–Crippen LogP) is 2.69. The number of amides is 2. The summed E-state index contributed by atoms with van der Waals surface area (Å²) in [5.41, 5.74) is 2.34. The second-order valence-corrected chi connectivity index (χ2v) is 7.79. The molecule has 2 aromatic carbocycles. The molecular formula is C25H22N4O3. The van der Waals surface area contributed by atoms with Gasteiger partial charge >= 0.3 is 0 Å². The SMILES string of the molecule is O=C(NCC(=O)N1CCn2cccc2C1c1ccccc1)c1c[nH]c2ccccc2c1=O. The molecule has 7 heteroatoms. The van der Waals surface area contributed by atoms with Crippen LogP contribution in [0.25, 0.3) is 10.9 Å². The average Bonchev–Trinajstić information content (AvgIpc) is 3.31. The Bertz CT molecular complexity index is 1360. The molecular weight excluding hydrogens is 404 g/mol. The molecule has 2 aromatic heterocycles. The number of carbonyl (C=O) groups excluding carboxylic acids is 2. The third-order valence-corrected chi connectivity index (χ3v) is 5.91. The second-order valence-electron chi connectivity index (χ2n) is 7.79. The Morgan fingerprint density at radius 1 is 0.969 bits per heavy atom. The molecule has 2 N–H and O–H groups in total. The Labute approximate surface area is 184 Å². The number of benzene rings is 2. The van der Waals surface area contributed by atoms with Gasteiger partial charge in [0, 0.05) is 42.1 Å². The van der Waals surface area contributed by atoms with Crippen LogP contribution in [0.15, 0.2) is 83.9 Å². The van der Waals surface area contributed by atoms with Crippen LogP contribution in [0.4, 0.5) is 0 Å². The van der Waals surface area contributed by atoms with Crippen LogP contribution >= 0.6 is 0 Å². The van der Waals surface area contributed by atoms with Gasteiger partial charge in [0.25, 0.3) is 5.91 Å². The topological polar surface area (TPSA) is 87.2 Å². The largest absolute Gasteiger partial charge is 0.360 e. The second kappa shape index (κ2) is 8.19. The van der Waals surface area contributed by atoms with Crippen molar-refractivity contribution in [3.63, 3.8) is 0 Å². The van der Waals surface area contributed by atoms with Crippen LogP contribution in [0.2, 0.25) is 0 Å². The highest BCUT2D eigenvalue weighted by atomic mass is 16.2. The zero-order valence-corrected chi connectivity index (χ0v) is 17.3. The molecule has 5 rings (SSSR count). The normalized spacial score (nSPS) is 15.4. The molecule has 0 fully saturated rings. The minimum absolute atomic E-state index is 0.0105. The van der Waals surface area contributed by atoms with Crippen LogP contribution in [-0.2, 0) is 11.3 Å². The lowest BCUT2D eigenvalue weighted by atomic mass is 10.00. The zero-order chi connectivity index (χ0) is 22.1. The van der Waals surface area contributed by atoms with Crippen LogP contribution in [-0.4, -0.2) is 39.4 Å². The Morgan fingerprint density at radius 2 is 1.75 bits per heavy atom. The highest BCUT2D eigenvalue weighted by Gasteiger charge is 2.32. The summed E-state index contributed by atoms with van der Waals surface area (Å²) < 4.78 is 2.15. The van der Waals surface area contributed by atoms with E-state index >= 15 is 0 Å². The monoisotopic (exact) mass is 426 g/mol. The van der Waals surface area contributed by atoms with E-state index in [1.54, 1.807) is 23.1 Å². The average molecular weight is 426 g/mol. The van der Waals surface area contributed by atoms with Crippen LogP contribution in [0.5, 0.6) is 0 Å². The fraction of sp³-hybridized carbons (Fsp3) is 0.160. The fourth-order valence-corrected chi connectivity index (χ4v) is 4.33. The van der Waals surface area contributed by atoms with Crippen molar-refractivity contribution in [2.24, 2.45) is 0 Å². The maximum Gasteiger partial charge on any atom is 0.257 e. The molecule has 160 valence electrons. The van der Waals surface area contributed by atoms with Gasteiger partial charge in [-0.2, -0.15) is 0 Å². The van der Waals surface area contributed by atoms with Gasteiger partial charge in [-0.15, -0.1) is 0 Å². The Kier molecular flexibility index (Phi) is 5.07. The minimum Gasteiger partial charge on any atom is -0.360 e. The molecule has 0 bridgehead atoms. The van der Waals surface area contributed by atoms with Crippen LogP contribution in [0.1, 0.15) is 27.7 Å². The molecule has 0 spiro atoms. The predicted molar refractivity (Wildman–Crippen MR) is 121 cm³/mol. The number of para-hydroxylation sites is 1. The Morgan fingerprint density at radius 3 is 2.59 bits per heavy atom. The number of nitrogens with one attached hydrogen (secondary N) is 2. The van der Waals surface area contributed by atoms with Crippen molar-refractivity contribution >= 4 is 22.7 Å². The van der Waals surface area contributed by atoms with Crippen LogP contribution in [0, 0.1) is 0 Å². The molecule has 1 aliphatic heterocycles.